The van der Waals surface area contributed by atoms with Crippen molar-refractivity contribution in [3.05, 3.63) is 24.2 Å². The van der Waals surface area contributed by atoms with Crippen molar-refractivity contribution in [2.45, 2.75) is 20.3 Å². The van der Waals surface area contributed by atoms with E-state index in [0.717, 1.165) is 12.1 Å². The first-order chi connectivity index (χ1) is 6.25. The molecule has 4 heteroatoms. The van der Waals surface area contributed by atoms with Gasteiger partial charge in [0.1, 0.15) is 6.33 Å². The summed E-state index contributed by atoms with van der Waals surface area (Å²) in [4.78, 5) is 4.08. The Hall–Kier alpha value is -1.45. The van der Waals surface area contributed by atoms with E-state index in [1.807, 2.05) is 12.3 Å². The van der Waals surface area contributed by atoms with Gasteiger partial charge in [0.15, 0.2) is 5.65 Å². The van der Waals surface area contributed by atoms with Crippen LogP contribution in [0.3, 0.4) is 0 Å². The van der Waals surface area contributed by atoms with Gasteiger partial charge >= 0.3 is 0 Å². The summed E-state index contributed by atoms with van der Waals surface area (Å²) < 4.78 is 1.53. The van der Waals surface area contributed by atoms with Gasteiger partial charge in [0, 0.05) is 0 Å². The van der Waals surface area contributed by atoms with E-state index in [-0.39, 0.29) is 0 Å². The fourth-order valence-electron chi connectivity index (χ4n) is 1.34. The van der Waals surface area contributed by atoms with E-state index < -0.39 is 0 Å². The molecular weight excluding hydrogens is 164 g/mol. The highest BCUT2D eigenvalue weighted by atomic mass is 15.4. The topological polar surface area (TPSA) is 43.1 Å². The first-order valence-corrected chi connectivity index (χ1v) is 4.40. The van der Waals surface area contributed by atoms with Gasteiger partial charge in [-0.25, -0.2) is 4.98 Å². The van der Waals surface area contributed by atoms with Gasteiger partial charge in [0.05, 0.1) is 6.20 Å². The number of rotatable bonds is 2. The van der Waals surface area contributed by atoms with Crippen LogP contribution in [-0.4, -0.2) is 19.8 Å². The Morgan fingerprint density at radius 2 is 2.23 bits per heavy atom. The SMILES string of the molecule is CC(C)Cc1cnn2ncnc2c1. The Morgan fingerprint density at radius 3 is 3.00 bits per heavy atom. The molecular formula is C9H12N4. The lowest BCUT2D eigenvalue weighted by atomic mass is 10.1. The van der Waals surface area contributed by atoms with E-state index in [2.05, 4.69) is 29.0 Å². The maximum atomic E-state index is 4.14. The second kappa shape index (κ2) is 3.12. The normalized spacial score (nSPS) is 11.3. The minimum Gasteiger partial charge on any atom is -0.213 e. The first-order valence-electron chi connectivity index (χ1n) is 4.40. The van der Waals surface area contributed by atoms with E-state index >= 15 is 0 Å². The van der Waals surface area contributed by atoms with E-state index in [1.165, 1.54) is 16.5 Å². The lowest BCUT2D eigenvalue weighted by molar-refractivity contribution is 0.641. The van der Waals surface area contributed by atoms with Gasteiger partial charge in [0.25, 0.3) is 0 Å². The summed E-state index contributed by atoms with van der Waals surface area (Å²) in [6, 6.07) is 2.03. The highest BCUT2D eigenvalue weighted by Crippen LogP contribution is 2.07. The number of nitrogens with zero attached hydrogens (tertiary/aromatic N) is 4. The van der Waals surface area contributed by atoms with Crippen LogP contribution in [0.5, 0.6) is 0 Å². The largest absolute Gasteiger partial charge is 0.213 e. The molecule has 2 heterocycles. The minimum atomic E-state index is 0.646. The molecule has 0 atom stereocenters. The molecule has 0 radical (unpaired) electrons. The van der Waals surface area contributed by atoms with Crippen molar-refractivity contribution in [2.75, 3.05) is 0 Å². The van der Waals surface area contributed by atoms with Gasteiger partial charge in [-0.1, -0.05) is 13.8 Å². The Balaban J connectivity index is 2.37. The maximum Gasteiger partial charge on any atom is 0.176 e. The number of hydrogen-bond acceptors (Lipinski definition) is 3. The average molecular weight is 176 g/mol. The van der Waals surface area contributed by atoms with Gasteiger partial charge < -0.3 is 0 Å². The van der Waals surface area contributed by atoms with Crippen LogP contribution in [0.1, 0.15) is 19.4 Å². The van der Waals surface area contributed by atoms with Gasteiger partial charge in [-0.3, -0.25) is 0 Å². The van der Waals surface area contributed by atoms with E-state index in [1.54, 1.807) is 0 Å². The summed E-state index contributed by atoms with van der Waals surface area (Å²) in [5.41, 5.74) is 2.04. The van der Waals surface area contributed by atoms with Crippen molar-refractivity contribution in [3.63, 3.8) is 0 Å². The van der Waals surface area contributed by atoms with Crippen LogP contribution in [-0.2, 0) is 6.42 Å². The molecule has 0 spiro atoms. The molecule has 0 saturated carbocycles. The predicted octanol–water partition coefficient (Wildman–Crippen LogP) is 1.32. The number of aromatic nitrogens is 4. The van der Waals surface area contributed by atoms with Crippen molar-refractivity contribution >= 4 is 5.65 Å². The van der Waals surface area contributed by atoms with E-state index in [0.29, 0.717) is 5.92 Å². The summed E-state index contributed by atoms with van der Waals surface area (Å²) >= 11 is 0. The van der Waals surface area contributed by atoms with Crippen LogP contribution in [0.2, 0.25) is 0 Å². The smallest absolute Gasteiger partial charge is 0.176 e. The molecule has 0 amide bonds. The van der Waals surface area contributed by atoms with Crippen LogP contribution in [0.15, 0.2) is 18.6 Å². The summed E-state index contributed by atoms with van der Waals surface area (Å²) in [5.74, 6) is 0.646. The zero-order valence-corrected chi connectivity index (χ0v) is 7.81. The zero-order valence-electron chi connectivity index (χ0n) is 7.81. The lowest BCUT2D eigenvalue weighted by Gasteiger charge is -2.03. The molecule has 0 fully saturated rings. The number of fused-ring (bicyclic) bond motifs is 1. The van der Waals surface area contributed by atoms with Crippen molar-refractivity contribution < 1.29 is 0 Å². The molecule has 0 aliphatic rings. The first kappa shape index (κ1) is 8.16. The molecule has 2 aromatic heterocycles. The van der Waals surface area contributed by atoms with Gasteiger partial charge in [0.2, 0.25) is 0 Å². The zero-order chi connectivity index (χ0) is 9.26. The van der Waals surface area contributed by atoms with Gasteiger partial charge in [-0.15, -0.1) is 9.73 Å². The minimum absolute atomic E-state index is 0.646. The second-order valence-electron chi connectivity index (χ2n) is 3.57. The van der Waals surface area contributed by atoms with Gasteiger partial charge in [-0.2, -0.15) is 5.10 Å². The van der Waals surface area contributed by atoms with Gasteiger partial charge in [-0.05, 0) is 24.0 Å². The van der Waals surface area contributed by atoms with Crippen molar-refractivity contribution in [3.8, 4) is 0 Å². The second-order valence-corrected chi connectivity index (χ2v) is 3.57. The van der Waals surface area contributed by atoms with Crippen LogP contribution in [0, 0.1) is 5.92 Å². The monoisotopic (exact) mass is 176 g/mol. The standard InChI is InChI=1S/C9H12N4/c1-7(2)3-8-4-9-10-6-12-13(9)11-5-8/h4-7H,3H2,1-2H3. The summed E-state index contributed by atoms with van der Waals surface area (Å²) in [6.07, 6.45) is 4.40. The molecule has 2 rings (SSSR count). The molecule has 68 valence electrons. The van der Waals surface area contributed by atoms with Crippen molar-refractivity contribution in [2.24, 2.45) is 5.92 Å². The van der Waals surface area contributed by atoms with Crippen LogP contribution in [0.25, 0.3) is 5.65 Å². The average Bonchev–Trinajstić information content (AvgIpc) is 2.49. The third-order valence-electron chi connectivity index (χ3n) is 1.85. The summed E-state index contributed by atoms with van der Waals surface area (Å²) in [7, 11) is 0. The van der Waals surface area contributed by atoms with E-state index in [4.69, 9.17) is 0 Å². The third-order valence-corrected chi connectivity index (χ3v) is 1.85. The van der Waals surface area contributed by atoms with Crippen LogP contribution in [0.4, 0.5) is 0 Å². The molecule has 0 N–H and O–H groups in total. The molecule has 2 aromatic rings. The predicted molar refractivity (Wildman–Crippen MR) is 49.3 cm³/mol. The fourth-order valence-corrected chi connectivity index (χ4v) is 1.34. The molecule has 13 heavy (non-hydrogen) atoms. The maximum absolute atomic E-state index is 4.14. The Bertz CT molecular complexity index is 405. The third kappa shape index (κ3) is 1.66. The lowest BCUT2D eigenvalue weighted by Crippen LogP contribution is -1.99. The van der Waals surface area contributed by atoms with Crippen molar-refractivity contribution in [1.29, 1.82) is 0 Å². The fraction of sp³-hybridized carbons (Fsp3) is 0.444. The highest BCUT2D eigenvalue weighted by molar-refractivity contribution is 5.37. The Labute approximate surface area is 76.6 Å². The molecule has 0 bridgehead atoms. The molecule has 0 unspecified atom stereocenters. The number of hydrogen-bond donors (Lipinski definition) is 0. The quantitative estimate of drug-likeness (QED) is 0.693. The summed E-state index contributed by atoms with van der Waals surface area (Å²) in [5, 5.41) is 8.07. The molecule has 0 aliphatic heterocycles. The molecule has 0 aliphatic carbocycles. The summed E-state index contributed by atoms with van der Waals surface area (Å²) in [6.45, 7) is 4.38. The molecule has 0 saturated heterocycles. The van der Waals surface area contributed by atoms with Crippen molar-refractivity contribution in [1.82, 2.24) is 19.8 Å². The highest BCUT2D eigenvalue weighted by Gasteiger charge is 2.01. The van der Waals surface area contributed by atoms with Crippen LogP contribution < -0.4 is 0 Å². The Kier molecular flexibility index (Phi) is 1.96. The van der Waals surface area contributed by atoms with Crippen LogP contribution >= 0.6 is 0 Å². The Morgan fingerprint density at radius 1 is 1.38 bits per heavy atom. The van der Waals surface area contributed by atoms with E-state index in [9.17, 15) is 0 Å². The molecule has 4 nitrogen and oxygen atoms in total. The molecule has 0 aromatic carbocycles.